The van der Waals surface area contributed by atoms with E-state index in [0.717, 1.165) is 16.7 Å². The molecule has 19 heavy (non-hydrogen) atoms. The lowest BCUT2D eigenvalue weighted by Crippen LogP contribution is -2.38. The first-order valence-corrected chi connectivity index (χ1v) is 6.23. The zero-order valence-corrected chi connectivity index (χ0v) is 11.7. The molecule has 0 unspecified atom stereocenters. The number of hydrogen-bond donors (Lipinski definition) is 0. The molecule has 2 rings (SSSR count). The van der Waals surface area contributed by atoms with Gasteiger partial charge in [0.1, 0.15) is 0 Å². The van der Waals surface area contributed by atoms with Crippen LogP contribution in [-0.4, -0.2) is 9.13 Å². The molecule has 0 saturated heterocycles. The fourth-order valence-electron chi connectivity index (χ4n) is 2.38. The smallest absolute Gasteiger partial charge is 0.303 e. The van der Waals surface area contributed by atoms with Crippen LogP contribution in [0.25, 0.3) is 0 Å². The topological polar surface area (TPSA) is 44.0 Å². The summed E-state index contributed by atoms with van der Waals surface area (Å²) >= 11 is 0. The van der Waals surface area contributed by atoms with E-state index in [0.29, 0.717) is 6.54 Å². The van der Waals surface area contributed by atoms with Crippen molar-refractivity contribution < 1.29 is 0 Å². The van der Waals surface area contributed by atoms with Crippen LogP contribution in [-0.2, 0) is 13.6 Å². The van der Waals surface area contributed by atoms with Gasteiger partial charge in [0.2, 0.25) is 0 Å². The molecular weight excluding hydrogens is 240 g/mol. The van der Waals surface area contributed by atoms with Gasteiger partial charge in [-0.3, -0.25) is 9.36 Å². The van der Waals surface area contributed by atoms with E-state index in [2.05, 4.69) is 12.1 Å². The molecule has 0 radical (unpaired) electrons. The average molecular weight is 258 g/mol. The third kappa shape index (κ3) is 2.52. The molecular formula is C15H18N2O2. The van der Waals surface area contributed by atoms with Gasteiger partial charge in [0, 0.05) is 19.3 Å². The molecule has 0 saturated carbocycles. The van der Waals surface area contributed by atoms with E-state index in [1.165, 1.54) is 27.0 Å². The van der Waals surface area contributed by atoms with E-state index in [9.17, 15) is 9.59 Å². The first kappa shape index (κ1) is 13.3. The number of benzene rings is 1. The van der Waals surface area contributed by atoms with Crippen molar-refractivity contribution in [2.45, 2.75) is 27.3 Å². The Kier molecular flexibility index (Phi) is 3.42. The molecule has 4 heteroatoms. The molecule has 100 valence electrons. The van der Waals surface area contributed by atoms with Gasteiger partial charge in [0.15, 0.2) is 0 Å². The fourth-order valence-corrected chi connectivity index (χ4v) is 2.38. The van der Waals surface area contributed by atoms with E-state index in [-0.39, 0.29) is 11.2 Å². The fraction of sp³-hybridized carbons (Fsp3) is 0.333. The number of aryl methyl sites for hydroxylation is 4. The van der Waals surface area contributed by atoms with E-state index in [4.69, 9.17) is 0 Å². The zero-order chi connectivity index (χ0) is 14.2. The molecule has 1 aromatic carbocycles. The van der Waals surface area contributed by atoms with Crippen LogP contribution in [0.5, 0.6) is 0 Å². The van der Waals surface area contributed by atoms with Crippen molar-refractivity contribution in [2.75, 3.05) is 0 Å². The number of nitrogens with zero attached hydrogens (tertiary/aromatic N) is 2. The minimum atomic E-state index is -0.285. The van der Waals surface area contributed by atoms with Crippen LogP contribution in [0.4, 0.5) is 0 Å². The minimum absolute atomic E-state index is 0.262. The molecule has 2 aromatic rings. The molecule has 0 aliphatic rings. The number of rotatable bonds is 2. The van der Waals surface area contributed by atoms with E-state index in [1.807, 2.05) is 20.8 Å². The van der Waals surface area contributed by atoms with Gasteiger partial charge in [-0.1, -0.05) is 17.7 Å². The summed E-state index contributed by atoms with van der Waals surface area (Å²) in [6.07, 6.45) is 1.50. The Morgan fingerprint density at radius 3 is 2.21 bits per heavy atom. The van der Waals surface area contributed by atoms with Crippen LogP contribution >= 0.6 is 0 Å². The summed E-state index contributed by atoms with van der Waals surface area (Å²) < 4.78 is 2.69. The molecule has 0 N–H and O–H groups in total. The Hall–Kier alpha value is -2.10. The van der Waals surface area contributed by atoms with Gasteiger partial charge < -0.3 is 4.57 Å². The van der Waals surface area contributed by atoms with Gasteiger partial charge in [0.25, 0.3) is 5.56 Å². The summed E-state index contributed by atoms with van der Waals surface area (Å²) in [5, 5.41) is 0. The first-order valence-electron chi connectivity index (χ1n) is 6.23. The lowest BCUT2D eigenvalue weighted by atomic mass is 10.00. The Morgan fingerprint density at radius 2 is 1.63 bits per heavy atom. The van der Waals surface area contributed by atoms with Crippen LogP contribution in [0.3, 0.4) is 0 Å². The molecule has 0 spiro atoms. The van der Waals surface area contributed by atoms with Crippen LogP contribution < -0.4 is 11.2 Å². The molecule has 0 atom stereocenters. The zero-order valence-electron chi connectivity index (χ0n) is 11.7. The van der Waals surface area contributed by atoms with Gasteiger partial charge in [-0.05, 0) is 37.5 Å². The van der Waals surface area contributed by atoms with Crippen LogP contribution in [0, 0.1) is 20.8 Å². The normalized spacial score (nSPS) is 10.7. The lowest BCUT2D eigenvalue weighted by Gasteiger charge is -2.13. The second-order valence-electron chi connectivity index (χ2n) is 5.01. The molecule has 4 nitrogen and oxygen atoms in total. The van der Waals surface area contributed by atoms with Gasteiger partial charge >= 0.3 is 5.69 Å². The highest BCUT2D eigenvalue weighted by Gasteiger charge is 2.08. The number of aromatic nitrogens is 2. The van der Waals surface area contributed by atoms with Crippen molar-refractivity contribution in [2.24, 2.45) is 7.05 Å². The summed E-state index contributed by atoms with van der Waals surface area (Å²) in [7, 11) is 1.65. The third-order valence-corrected chi connectivity index (χ3v) is 3.40. The summed E-state index contributed by atoms with van der Waals surface area (Å²) in [5.74, 6) is 0. The SMILES string of the molecule is Cc1cc(C)c(Cn2c(=O)ccn(C)c2=O)c(C)c1. The predicted molar refractivity (Wildman–Crippen MR) is 75.7 cm³/mol. The summed E-state index contributed by atoms with van der Waals surface area (Å²) in [6.45, 7) is 6.38. The second kappa shape index (κ2) is 4.88. The van der Waals surface area contributed by atoms with Gasteiger partial charge in [0.05, 0.1) is 6.54 Å². The highest BCUT2D eigenvalue weighted by Crippen LogP contribution is 2.16. The minimum Gasteiger partial charge on any atom is -0.303 e. The van der Waals surface area contributed by atoms with Crippen LogP contribution in [0.1, 0.15) is 22.3 Å². The Bertz CT molecular complexity index is 716. The van der Waals surface area contributed by atoms with Crippen LogP contribution in [0.15, 0.2) is 34.0 Å². The van der Waals surface area contributed by atoms with E-state index < -0.39 is 0 Å². The molecule has 1 aromatic heterocycles. The molecule has 0 amide bonds. The molecule has 1 heterocycles. The third-order valence-electron chi connectivity index (χ3n) is 3.40. The maximum atomic E-state index is 12.0. The van der Waals surface area contributed by atoms with Crippen molar-refractivity contribution in [1.29, 1.82) is 0 Å². The van der Waals surface area contributed by atoms with Crippen molar-refractivity contribution in [3.05, 3.63) is 67.5 Å². The van der Waals surface area contributed by atoms with Crippen molar-refractivity contribution >= 4 is 0 Å². The standard InChI is InChI=1S/C15H18N2O2/c1-10-7-11(2)13(12(3)8-10)9-17-14(18)5-6-16(4)15(17)19/h5-8H,9H2,1-4H3. The van der Waals surface area contributed by atoms with Crippen molar-refractivity contribution in [3.63, 3.8) is 0 Å². The first-order chi connectivity index (χ1) is 8.90. The van der Waals surface area contributed by atoms with E-state index >= 15 is 0 Å². The quantitative estimate of drug-likeness (QED) is 0.819. The molecule has 0 aliphatic carbocycles. The molecule has 0 aliphatic heterocycles. The van der Waals surface area contributed by atoms with Gasteiger partial charge in [-0.2, -0.15) is 0 Å². The van der Waals surface area contributed by atoms with Gasteiger partial charge in [-0.15, -0.1) is 0 Å². The monoisotopic (exact) mass is 258 g/mol. The Balaban J connectivity index is 2.57. The van der Waals surface area contributed by atoms with Crippen LogP contribution in [0.2, 0.25) is 0 Å². The van der Waals surface area contributed by atoms with E-state index in [1.54, 1.807) is 7.05 Å². The maximum Gasteiger partial charge on any atom is 0.331 e. The van der Waals surface area contributed by atoms with Crippen molar-refractivity contribution in [1.82, 2.24) is 9.13 Å². The largest absolute Gasteiger partial charge is 0.331 e. The second-order valence-corrected chi connectivity index (χ2v) is 5.01. The Morgan fingerprint density at radius 1 is 1.05 bits per heavy atom. The van der Waals surface area contributed by atoms with Crippen molar-refractivity contribution in [3.8, 4) is 0 Å². The average Bonchev–Trinajstić information content (AvgIpc) is 2.32. The summed E-state index contributed by atoms with van der Waals surface area (Å²) in [5.41, 5.74) is 3.89. The van der Waals surface area contributed by atoms with Gasteiger partial charge in [-0.25, -0.2) is 4.79 Å². The maximum absolute atomic E-state index is 12.0. The Labute approximate surface area is 111 Å². The summed E-state index contributed by atoms with van der Waals surface area (Å²) in [4.78, 5) is 23.8. The predicted octanol–water partition coefficient (Wildman–Crippen LogP) is 1.52. The molecule has 0 bridgehead atoms. The highest BCUT2D eigenvalue weighted by molar-refractivity contribution is 5.37. The molecule has 0 fully saturated rings. The highest BCUT2D eigenvalue weighted by atomic mass is 16.2. The summed E-state index contributed by atoms with van der Waals surface area (Å²) in [6, 6.07) is 5.56. The lowest BCUT2D eigenvalue weighted by molar-refractivity contribution is 0.636. The number of hydrogen-bond acceptors (Lipinski definition) is 2.